The van der Waals surface area contributed by atoms with E-state index >= 15 is 0 Å². The monoisotopic (exact) mass is 484 g/mol. The minimum Gasteiger partial charge on any atom is -0.497 e. The first-order valence-electron chi connectivity index (χ1n) is 10.3. The lowest BCUT2D eigenvalue weighted by Gasteiger charge is -2.26. The molecule has 0 radical (unpaired) electrons. The second-order valence-electron chi connectivity index (χ2n) is 7.38. The number of allylic oxidation sites excluding steroid dienone is 1. The summed E-state index contributed by atoms with van der Waals surface area (Å²) >= 11 is 2.87. The highest BCUT2D eigenvalue weighted by Crippen LogP contribution is 2.37. The van der Waals surface area contributed by atoms with Crippen LogP contribution in [0, 0.1) is 6.92 Å². The molecule has 1 aromatic carbocycles. The van der Waals surface area contributed by atoms with Gasteiger partial charge in [-0.15, -0.1) is 11.3 Å². The fourth-order valence-corrected chi connectivity index (χ4v) is 5.75. The van der Waals surface area contributed by atoms with Gasteiger partial charge in [-0.25, -0.2) is 9.79 Å². The van der Waals surface area contributed by atoms with Gasteiger partial charge in [-0.05, 0) is 62.1 Å². The highest BCUT2D eigenvalue weighted by molar-refractivity contribution is 7.11. The predicted molar refractivity (Wildman–Crippen MR) is 129 cm³/mol. The molecule has 0 saturated carbocycles. The molecule has 172 valence electrons. The van der Waals surface area contributed by atoms with Crippen LogP contribution in [0.1, 0.15) is 35.9 Å². The van der Waals surface area contributed by atoms with Gasteiger partial charge < -0.3 is 14.2 Å². The SMILES string of the molecule is CCOC(=O)C1=C(C)N=c2sc(=Cc3sccc3C)c(=O)n2C1c1cc(OC)ccc1OC. The zero-order chi connectivity index (χ0) is 23.7. The summed E-state index contributed by atoms with van der Waals surface area (Å²) in [5.74, 6) is 0.595. The molecule has 0 amide bonds. The molecule has 3 aromatic rings. The van der Waals surface area contributed by atoms with E-state index in [1.54, 1.807) is 62.2 Å². The van der Waals surface area contributed by atoms with Gasteiger partial charge in [-0.1, -0.05) is 11.3 Å². The standard InChI is InChI=1S/C24H24N2O5S2/c1-6-31-23(28)20-14(3)25-24-26(21(20)16-11-15(29-4)7-8-17(16)30-5)22(27)19(33-24)12-18-13(2)9-10-32-18/h7-12,21H,6H2,1-5H3. The van der Waals surface area contributed by atoms with Crippen LogP contribution in [0.4, 0.5) is 0 Å². The van der Waals surface area contributed by atoms with Crippen LogP contribution in [0.2, 0.25) is 0 Å². The third-order valence-corrected chi connectivity index (χ3v) is 7.36. The van der Waals surface area contributed by atoms with Crippen molar-refractivity contribution >= 4 is 34.7 Å². The molecule has 1 aliphatic heterocycles. The molecule has 1 unspecified atom stereocenters. The molecular weight excluding hydrogens is 460 g/mol. The quantitative estimate of drug-likeness (QED) is 0.502. The number of aromatic nitrogens is 1. The maximum Gasteiger partial charge on any atom is 0.338 e. The minimum absolute atomic E-state index is 0.208. The summed E-state index contributed by atoms with van der Waals surface area (Å²) < 4.78 is 18.5. The van der Waals surface area contributed by atoms with E-state index in [1.807, 2.05) is 24.4 Å². The number of benzene rings is 1. The molecule has 4 rings (SSSR count). The average molecular weight is 485 g/mol. The number of carbonyl (C=O) groups excluding carboxylic acids is 1. The Labute approximate surface area is 198 Å². The molecule has 0 N–H and O–H groups in total. The van der Waals surface area contributed by atoms with Crippen LogP contribution >= 0.6 is 22.7 Å². The number of nitrogens with zero attached hydrogens (tertiary/aromatic N) is 2. The highest BCUT2D eigenvalue weighted by Gasteiger charge is 2.35. The molecule has 9 heteroatoms. The topological polar surface area (TPSA) is 79.1 Å². The lowest BCUT2D eigenvalue weighted by atomic mass is 9.95. The molecule has 0 spiro atoms. The van der Waals surface area contributed by atoms with E-state index in [2.05, 4.69) is 4.99 Å². The molecule has 1 aliphatic rings. The van der Waals surface area contributed by atoms with Gasteiger partial charge in [0.2, 0.25) is 0 Å². The molecule has 0 saturated heterocycles. The van der Waals surface area contributed by atoms with Crippen LogP contribution in [-0.2, 0) is 9.53 Å². The summed E-state index contributed by atoms with van der Waals surface area (Å²) in [6.07, 6.45) is 1.88. The van der Waals surface area contributed by atoms with Gasteiger partial charge in [-0.2, -0.15) is 0 Å². The summed E-state index contributed by atoms with van der Waals surface area (Å²) in [6.45, 7) is 5.71. The van der Waals surface area contributed by atoms with Gasteiger partial charge in [0.25, 0.3) is 5.56 Å². The van der Waals surface area contributed by atoms with Crippen molar-refractivity contribution in [3.8, 4) is 11.5 Å². The van der Waals surface area contributed by atoms with Crippen molar-refractivity contribution in [2.75, 3.05) is 20.8 Å². The fraction of sp³-hybridized carbons (Fsp3) is 0.292. The van der Waals surface area contributed by atoms with Gasteiger partial charge in [0.15, 0.2) is 4.80 Å². The number of esters is 1. The normalized spacial score (nSPS) is 15.8. The maximum atomic E-state index is 13.7. The Kier molecular flexibility index (Phi) is 6.53. The number of fused-ring (bicyclic) bond motifs is 1. The Hall–Kier alpha value is -3.17. The number of thiazole rings is 1. The van der Waals surface area contributed by atoms with Crippen molar-refractivity contribution in [2.45, 2.75) is 26.8 Å². The number of methoxy groups -OCH3 is 2. The summed E-state index contributed by atoms with van der Waals surface area (Å²) in [5, 5.41) is 1.99. The highest BCUT2D eigenvalue weighted by atomic mass is 32.1. The molecular formula is C24H24N2O5S2. The first-order chi connectivity index (χ1) is 15.9. The number of rotatable bonds is 6. The van der Waals surface area contributed by atoms with Gasteiger partial charge in [0.1, 0.15) is 17.5 Å². The van der Waals surface area contributed by atoms with Gasteiger partial charge >= 0.3 is 5.97 Å². The molecule has 1 atom stereocenters. The summed E-state index contributed by atoms with van der Waals surface area (Å²) in [7, 11) is 3.11. The zero-order valence-electron chi connectivity index (χ0n) is 19.0. The molecule has 7 nitrogen and oxygen atoms in total. The smallest absolute Gasteiger partial charge is 0.338 e. The van der Waals surface area contributed by atoms with E-state index in [0.29, 0.717) is 37.7 Å². The van der Waals surface area contributed by atoms with Gasteiger partial charge in [0.05, 0.1) is 36.6 Å². The largest absolute Gasteiger partial charge is 0.497 e. The fourth-order valence-electron chi connectivity index (χ4n) is 3.79. The number of carbonyl (C=O) groups is 1. The van der Waals surface area contributed by atoms with E-state index < -0.39 is 12.0 Å². The van der Waals surface area contributed by atoms with Crippen LogP contribution in [0.25, 0.3) is 6.08 Å². The van der Waals surface area contributed by atoms with Crippen LogP contribution in [0.5, 0.6) is 11.5 Å². The van der Waals surface area contributed by atoms with Crippen LogP contribution in [0.3, 0.4) is 0 Å². The Bertz CT molecular complexity index is 1430. The molecule has 33 heavy (non-hydrogen) atoms. The van der Waals surface area contributed by atoms with Crippen molar-refractivity contribution < 1.29 is 19.0 Å². The second kappa shape index (κ2) is 9.36. The van der Waals surface area contributed by atoms with Crippen molar-refractivity contribution in [1.82, 2.24) is 4.57 Å². The van der Waals surface area contributed by atoms with E-state index in [1.165, 1.54) is 11.3 Å². The number of aryl methyl sites for hydroxylation is 1. The molecule has 0 aliphatic carbocycles. The minimum atomic E-state index is -0.767. The predicted octanol–water partition coefficient (Wildman–Crippen LogP) is 3.19. The Morgan fingerprint density at radius 3 is 2.64 bits per heavy atom. The molecule has 3 heterocycles. The Morgan fingerprint density at radius 2 is 2.00 bits per heavy atom. The Morgan fingerprint density at radius 1 is 1.21 bits per heavy atom. The lowest BCUT2D eigenvalue weighted by Crippen LogP contribution is -2.40. The number of hydrogen-bond donors (Lipinski definition) is 0. The van der Waals surface area contributed by atoms with E-state index in [4.69, 9.17) is 14.2 Å². The Balaban J connectivity index is 2.03. The number of thiophene rings is 1. The van der Waals surface area contributed by atoms with Crippen LogP contribution < -0.4 is 24.4 Å². The number of hydrogen-bond acceptors (Lipinski definition) is 8. The zero-order valence-corrected chi connectivity index (χ0v) is 20.6. The van der Waals surface area contributed by atoms with Gasteiger partial charge in [0, 0.05) is 10.4 Å². The number of ether oxygens (including phenoxy) is 3. The van der Waals surface area contributed by atoms with E-state index in [-0.39, 0.29) is 12.2 Å². The molecule has 0 bridgehead atoms. The summed E-state index contributed by atoms with van der Waals surface area (Å²) in [6, 6.07) is 6.56. The molecule has 0 fully saturated rings. The van der Waals surface area contributed by atoms with Crippen molar-refractivity contribution in [3.63, 3.8) is 0 Å². The first-order valence-corrected chi connectivity index (χ1v) is 12.0. The van der Waals surface area contributed by atoms with Crippen molar-refractivity contribution in [3.05, 3.63) is 76.6 Å². The second-order valence-corrected chi connectivity index (χ2v) is 9.33. The molecule has 2 aromatic heterocycles. The average Bonchev–Trinajstić information content (AvgIpc) is 3.34. The van der Waals surface area contributed by atoms with Crippen LogP contribution in [0.15, 0.2) is 50.7 Å². The third-order valence-electron chi connectivity index (χ3n) is 5.41. The first kappa shape index (κ1) is 23.0. The lowest BCUT2D eigenvalue weighted by molar-refractivity contribution is -0.139. The van der Waals surface area contributed by atoms with E-state index in [0.717, 1.165) is 10.4 Å². The summed E-state index contributed by atoms with van der Waals surface area (Å²) in [5.41, 5.74) is 2.29. The van der Waals surface area contributed by atoms with Crippen molar-refractivity contribution in [1.29, 1.82) is 0 Å². The van der Waals surface area contributed by atoms with Gasteiger partial charge in [-0.3, -0.25) is 9.36 Å². The van der Waals surface area contributed by atoms with E-state index in [9.17, 15) is 9.59 Å². The maximum absolute atomic E-state index is 13.7. The van der Waals surface area contributed by atoms with Crippen molar-refractivity contribution in [2.24, 2.45) is 4.99 Å². The van der Waals surface area contributed by atoms with Crippen LogP contribution in [-0.4, -0.2) is 31.4 Å². The summed E-state index contributed by atoms with van der Waals surface area (Å²) in [4.78, 5) is 32.8. The third kappa shape index (κ3) is 4.14.